The van der Waals surface area contributed by atoms with Crippen LogP contribution in [0.2, 0.25) is 19.6 Å². The second kappa shape index (κ2) is 6.69. The molecule has 3 heteroatoms. The zero-order valence-electron chi connectivity index (χ0n) is 14.4. The van der Waals surface area contributed by atoms with Crippen molar-refractivity contribution in [2.24, 2.45) is 0 Å². The van der Waals surface area contributed by atoms with E-state index in [9.17, 15) is 4.39 Å². The minimum Gasteiger partial charge on any atom is -0.256 e. The first kappa shape index (κ1) is 16.6. The number of rotatable bonds is 4. The molecule has 1 heterocycles. The van der Waals surface area contributed by atoms with E-state index in [1.165, 1.54) is 28.4 Å². The molecular weight excluding hydrogens is 313 g/mol. The molecule has 0 fully saturated rings. The molecule has 0 radical (unpaired) electrons. The SMILES string of the molecule is C[Si](C)(C)c1cnc(-c2ccc(F)cc2)cc1Cc1ccccc1. The van der Waals surface area contributed by atoms with E-state index in [2.05, 4.69) is 55.0 Å². The Kier molecular flexibility index (Phi) is 4.63. The maximum absolute atomic E-state index is 13.2. The Morgan fingerprint density at radius 3 is 2.21 bits per heavy atom. The van der Waals surface area contributed by atoms with Crippen molar-refractivity contribution in [2.75, 3.05) is 0 Å². The van der Waals surface area contributed by atoms with Crippen molar-refractivity contribution in [1.82, 2.24) is 4.98 Å². The highest BCUT2D eigenvalue weighted by molar-refractivity contribution is 6.89. The molecule has 3 rings (SSSR count). The van der Waals surface area contributed by atoms with Gasteiger partial charge in [-0.15, -0.1) is 0 Å². The fraction of sp³-hybridized carbons (Fsp3) is 0.190. The summed E-state index contributed by atoms with van der Waals surface area (Å²) in [6.07, 6.45) is 2.93. The van der Waals surface area contributed by atoms with Gasteiger partial charge in [-0.2, -0.15) is 0 Å². The number of benzene rings is 2. The van der Waals surface area contributed by atoms with Crippen molar-refractivity contribution < 1.29 is 4.39 Å². The molecule has 0 saturated carbocycles. The van der Waals surface area contributed by atoms with E-state index in [1.54, 1.807) is 12.1 Å². The second-order valence-electron chi connectivity index (χ2n) is 7.15. The number of hydrogen-bond donors (Lipinski definition) is 0. The lowest BCUT2D eigenvalue weighted by Crippen LogP contribution is -2.40. The summed E-state index contributed by atoms with van der Waals surface area (Å²) in [5.41, 5.74) is 4.48. The van der Waals surface area contributed by atoms with Crippen molar-refractivity contribution >= 4 is 13.3 Å². The molecule has 0 saturated heterocycles. The van der Waals surface area contributed by atoms with Gasteiger partial charge in [0.1, 0.15) is 5.82 Å². The van der Waals surface area contributed by atoms with E-state index in [4.69, 9.17) is 0 Å². The summed E-state index contributed by atoms with van der Waals surface area (Å²) >= 11 is 0. The van der Waals surface area contributed by atoms with Gasteiger partial charge in [0, 0.05) is 11.8 Å². The van der Waals surface area contributed by atoms with E-state index in [1.807, 2.05) is 12.3 Å². The largest absolute Gasteiger partial charge is 0.256 e. The Morgan fingerprint density at radius 2 is 1.58 bits per heavy atom. The van der Waals surface area contributed by atoms with Gasteiger partial charge in [-0.25, -0.2) is 4.39 Å². The third kappa shape index (κ3) is 3.79. The average Bonchev–Trinajstić information content (AvgIpc) is 2.55. The summed E-state index contributed by atoms with van der Waals surface area (Å²) < 4.78 is 13.2. The predicted octanol–water partition coefficient (Wildman–Crippen LogP) is 5.02. The van der Waals surface area contributed by atoms with Crippen molar-refractivity contribution in [3.05, 3.63) is 83.8 Å². The number of halogens is 1. The highest BCUT2D eigenvalue weighted by atomic mass is 28.3. The molecule has 1 aromatic heterocycles. The van der Waals surface area contributed by atoms with Gasteiger partial charge < -0.3 is 0 Å². The first-order valence-electron chi connectivity index (χ1n) is 8.23. The fourth-order valence-corrected chi connectivity index (χ4v) is 4.49. The van der Waals surface area contributed by atoms with Crippen LogP contribution >= 0.6 is 0 Å². The average molecular weight is 335 g/mol. The molecule has 0 atom stereocenters. The molecule has 0 aliphatic rings. The van der Waals surface area contributed by atoms with Crippen LogP contribution in [0.1, 0.15) is 11.1 Å². The molecular formula is C21H22FNSi. The van der Waals surface area contributed by atoms with Gasteiger partial charge in [-0.1, -0.05) is 50.0 Å². The summed E-state index contributed by atoms with van der Waals surface area (Å²) in [4.78, 5) is 4.66. The summed E-state index contributed by atoms with van der Waals surface area (Å²) in [6.45, 7) is 7.03. The molecule has 2 aromatic carbocycles. The number of pyridine rings is 1. The van der Waals surface area contributed by atoms with Gasteiger partial charge in [0.25, 0.3) is 0 Å². The molecule has 0 spiro atoms. The van der Waals surface area contributed by atoms with E-state index in [0.29, 0.717) is 0 Å². The molecule has 1 nitrogen and oxygen atoms in total. The van der Waals surface area contributed by atoms with E-state index < -0.39 is 8.07 Å². The molecule has 24 heavy (non-hydrogen) atoms. The first-order chi connectivity index (χ1) is 11.4. The topological polar surface area (TPSA) is 12.9 Å². The zero-order valence-corrected chi connectivity index (χ0v) is 15.4. The highest BCUT2D eigenvalue weighted by Gasteiger charge is 2.21. The van der Waals surface area contributed by atoms with Gasteiger partial charge in [-0.3, -0.25) is 4.98 Å². The van der Waals surface area contributed by atoms with Crippen LogP contribution in [0, 0.1) is 5.82 Å². The molecule has 122 valence electrons. The number of aromatic nitrogens is 1. The van der Waals surface area contributed by atoms with Crippen LogP contribution in [0.5, 0.6) is 0 Å². The maximum Gasteiger partial charge on any atom is 0.123 e. The van der Waals surface area contributed by atoms with E-state index in [0.717, 1.165) is 17.7 Å². The summed E-state index contributed by atoms with van der Waals surface area (Å²) in [6, 6.07) is 19.2. The van der Waals surface area contributed by atoms with Crippen LogP contribution in [0.15, 0.2) is 66.9 Å². The molecule has 3 aromatic rings. The fourth-order valence-electron chi connectivity index (χ4n) is 2.91. The van der Waals surface area contributed by atoms with Crippen LogP contribution in [0.25, 0.3) is 11.3 Å². The molecule has 0 aliphatic carbocycles. The van der Waals surface area contributed by atoms with Crippen LogP contribution in [0.3, 0.4) is 0 Å². The molecule has 0 unspecified atom stereocenters. The van der Waals surface area contributed by atoms with Gasteiger partial charge in [0.05, 0.1) is 13.8 Å². The first-order valence-corrected chi connectivity index (χ1v) is 11.7. The maximum atomic E-state index is 13.2. The van der Waals surface area contributed by atoms with Crippen molar-refractivity contribution in [3.63, 3.8) is 0 Å². The summed E-state index contributed by atoms with van der Waals surface area (Å²) in [5.74, 6) is -0.220. The standard InChI is InChI=1S/C21H22FNSi/c1-24(2,3)21-15-23-20(17-9-11-19(22)12-10-17)14-18(21)13-16-7-5-4-6-8-16/h4-12,14-15H,13H2,1-3H3. The Morgan fingerprint density at radius 1 is 0.917 bits per heavy atom. The third-order valence-electron chi connectivity index (χ3n) is 4.18. The summed E-state index contributed by atoms with van der Waals surface area (Å²) in [7, 11) is -1.49. The van der Waals surface area contributed by atoms with Crippen molar-refractivity contribution in [3.8, 4) is 11.3 Å². The lowest BCUT2D eigenvalue weighted by Gasteiger charge is -2.21. The minimum absolute atomic E-state index is 0.220. The molecule has 0 bridgehead atoms. The minimum atomic E-state index is -1.49. The van der Waals surface area contributed by atoms with Gasteiger partial charge in [-0.05, 0) is 53.1 Å². The molecule has 0 N–H and O–H groups in total. The smallest absolute Gasteiger partial charge is 0.123 e. The predicted molar refractivity (Wildman–Crippen MR) is 102 cm³/mol. The zero-order chi connectivity index (χ0) is 17.2. The van der Waals surface area contributed by atoms with E-state index in [-0.39, 0.29) is 5.82 Å². The monoisotopic (exact) mass is 335 g/mol. The van der Waals surface area contributed by atoms with Crippen LogP contribution in [-0.4, -0.2) is 13.1 Å². The Balaban J connectivity index is 2.05. The second-order valence-corrected chi connectivity index (χ2v) is 12.2. The lowest BCUT2D eigenvalue weighted by molar-refractivity contribution is 0.628. The van der Waals surface area contributed by atoms with Crippen molar-refractivity contribution in [2.45, 2.75) is 26.1 Å². The quantitative estimate of drug-likeness (QED) is 0.610. The Bertz CT molecular complexity index is 821. The molecule has 0 aliphatic heterocycles. The molecule has 0 amide bonds. The van der Waals surface area contributed by atoms with Crippen LogP contribution in [-0.2, 0) is 6.42 Å². The number of nitrogens with zero attached hydrogens (tertiary/aromatic N) is 1. The Labute approximate surface area is 144 Å². The van der Waals surface area contributed by atoms with E-state index >= 15 is 0 Å². The summed E-state index contributed by atoms with van der Waals surface area (Å²) in [5, 5.41) is 1.39. The van der Waals surface area contributed by atoms with Gasteiger partial charge in [0.15, 0.2) is 0 Å². The van der Waals surface area contributed by atoms with Gasteiger partial charge >= 0.3 is 0 Å². The van der Waals surface area contributed by atoms with Crippen LogP contribution < -0.4 is 5.19 Å². The van der Waals surface area contributed by atoms with Gasteiger partial charge in [0.2, 0.25) is 0 Å². The number of hydrogen-bond acceptors (Lipinski definition) is 1. The van der Waals surface area contributed by atoms with Crippen LogP contribution in [0.4, 0.5) is 4.39 Å². The highest BCUT2D eigenvalue weighted by Crippen LogP contribution is 2.21. The normalized spacial score (nSPS) is 11.5. The Hall–Kier alpha value is -2.26. The lowest BCUT2D eigenvalue weighted by atomic mass is 10.0. The van der Waals surface area contributed by atoms with Crippen molar-refractivity contribution in [1.29, 1.82) is 0 Å². The third-order valence-corrected chi connectivity index (χ3v) is 6.24.